The molecule has 0 radical (unpaired) electrons. The van der Waals surface area contributed by atoms with E-state index >= 15 is 0 Å². The van der Waals surface area contributed by atoms with Gasteiger partial charge in [0.1, 0.15) is 11.5 Å². The van der Waals surface area contributed by atoms with Crippen LogP contribution in [0, 0.1) is 0 Å². The summed E-state index contributed by atoms with van der Waals surface area (Å²) in [6.45, 7) is 0. The minimum atomic E-state index is -0.176. The Morgan fingerprint density at radius 1 is 0.950 bits per heavy atom. The number of carbonyl (C=O) groups is 1. The van der Waals surface area contributed by atoms with Crippen LogP contribution in [-0.2, 0) is 0 Å². The van der Waals surface area contributed by atoms with Gasteiger partial charge in [-0.25, -0.2) is 0 Å². The molecule has 3 nitrogen and oxygen atoms in total. The summed E-state index contributed by atoms with van der Waals surface area (Å²) in [7, 11) is 0. The number of aldehydes is 1. The van der Waals surface area contributed by atoms with Crippen molar-refractivity contribution in [1.29, 1.82) is 0 Å². The SMILES string of the molecule is O=Cc1cc(Br)cc(Cl)c1O.Oc1ccc(Br)cc1Cl. The first-order valence-corrected chi connectivity index (χ1v) is 7.46. The Hall–Kier alpha value is -0.750. The quantitative estimate of drug-likeness (QED) is 0.579. The highest BCUT2D eigenvalue weighted by Crippen LogP contribution is 2.30. The second kappa shape index (κ2) is 7.88. The third-order valence-electron chi connectivity index (χ3n) is 2.09. The van der Waals surface area contributed by atoms with Gasteiger partial charge in [-0.05, 0) is 30.3 Å². The van der Waals surface area contributed by atoms with Crippen LogP contribution in [0.3, 0.4) is 0 Å². The number of halogens is 4. The second-order valence-corrected chi connectivity index (χ2v) is 6.18. The Morgan fingerprint density at radius 2 is 1.55 bits per heavy atom. The van der Waals surface area contributed by atoms with Crippen molar-refractivity contribution in [3.05, 3.63) is 54.9 Å². The molecule has 0 aliphatic carbocycles. The molecule has 0 aliphatic rings. The van der Waals surface area contributed by atoms with Gasteiger partial charge >= 0.3 is 0 Å². The second-order valence-electron chi connectivity index (χ2n) is 3.54. The highest BCUT2D eigenvalue weighted by Gasteiger charge is 2.05. The van der Waals surface area contributed by atoms with Gasteiger partial charge in [-0.1, -0.05) is 55.1 Å². The summed E-state index contributed by atoms with van der Waals surface area (Å²) in [6, 6.07) is 7.91. The zero-order valence-electron chi connectivity index (χ0n) is 9.78. The van der Waals surface area contributed by atoms with Gasteiger partial charge in [0, 0.05) is 8.95 Å². The third-order valence-corrected chi connectivity index (χ3v) is 3.64. The van der Waals surface area contributed by atoms with Crippen molar-refractivity contribution in [2.24, 2.45) is 0 Å². The van der Waals surface area contributed by atoms with Gasteiger partial charge in [0.25, 0.3) is 0 Å². The van der Waals surface area contributed by atoms with Crippen LogP contribution in [0.4, 0.5) is 0 Å². The third kappa shape index (κ3) is 4.98. The highest BCUT2D eigenvalue weighted by atomic mass is 79.9. The van der Waals surface area contributed by atoms with Crippen LogP contribution < -0.4 is 0 Å². The zero-order chi connectivity index (χ0) is 15.3. The van der Waals surface area contributed by atoms with Crippen LogP contribution in [0.15, 0.2) is 39.3 Å². The number of benzene rings is 2. The van der Waals surface area contributed by atoms with E-state index in [0.29, 0.717) is 15.8 Å². The monoisotopic (exact) mass is 440 g/mol. The van der Waals surface area contributed by atoms with Gasteiger partial charge in [0.15, 0.2) is 6.29 Å². The smallest absolute Gasteiger partial charge is 0.153 e. The van der Waals surface area contributed by atoms with E-state index in [1.54, 1.807) is 12.1 Å². The lowest BCUT2D eigenvalue weighted by atomic mass is 10.2. The molecule has 0 saturated heterocycles. The van der Waals surface area contributed by atoms with E-state index in [1.165, 1.54) is 18.2 Å². The molecule has 2 N–H and O–H groups in total. The van der Waals surface area contributed by atoms with Gasteiger partial charge in [0.2, 0.25) is 0 Å². The van der Waals surface area contributed by atoms with E-state index < -0.39 is 0 Å². The summed E-state index contributed by atoms with van der Waals surface area (Å²) in [4.78, 5) is 10.3. The van der Waals surface area contributed by atoms with Crippen LogP contribution >= 0.6 is 55.1 Å². The first-order chi connectivity index (χ1) is 9.35. The van der Waals surface area contributed by atoms with Crippen molar-refractivity contribution in [3.8, 4) is 11.5 Å². The molecule has 20 heavy (non-hydrogen) atoms. The van der Waals surface area contributed by atoms with Gasteiger partial charge in [0.05, 0.1) is 15.6 Å². The Morgan fingerprint density at radius 3 is 2.05 bits per heavy atom. The highest BCUT2D eigenvalue weighted by molar-refractivity contribution is 9.10. The maximum Gasteiger partial charge on any atom is 0.153 e. The Kier molecular flexibility index (Phi) is 6.82. The van der Waals surface area contributed by atoms with E-state index in [0.717, 1.165) is 4.47 Å². The first-order valence-electron chi connectivity index (χ1n) is 5.12. The summed E-state index contributed by atoms with van der Waals surface area (Å²) in [5.41, 5.74) is 0.185. The number of rotatable bonds is 1. The van der Waals surface area contributed by atoms with Crippen LogP contribution in [0.2, 0.25) is 10.0 Å². The van der Waals surface area contributed by atoms with Crippen LogP contribution in [0.1, 0.15) is 10.4 Å². The lowest BCUT2D eigenvalue weighted by Gasteiger charge is -1.99. The van der Waals surface area contributed by atoms with Crippen molar-refractivity contribution >= 4 is 61.3 Å². The van der Waals surface area contributed by atoms with Crippen molar-refractivity contribution in [2.75, 3.05) is 0 Å². The van der Waals surface area contributed by atoms with Crippen molar-refractivity contribution < 1.29 is 15.0 Å². The Balaban J connectivity index is 0.000000204. The average Bonchev–Trinajstić information content (AvgIpc) is 2.39. The molecule has 0 bridgehead atoms. The molecule has 0 amide bonds. The van der Waals surface area contributed by atoms with E-state index in [-0.39, 0.29) is 22.1 Å². The minimum Gasteiger partial charge on any atom is -0.506 e. The number of aromatic hydroxyl groups is 2. The van der Waals surface area contributed by atoms with E-state index in [9.17, 15) is 4.79 Å². The molecule has 0 fully saturated rings. The first kappa shape index (κ1) is 17.3. The molecule has 2 rings (SSSR count). The lowest BCUT2D eigenvalue weighted by Crippen LogP contribution is -1.81. The summed E-state index contributed by atoms with van der Waals surface area (Å²) in [5.74, 6) is -0.0651. The summed E-state index contributed by atoms with van der Waals surface area (Å²) < 4.78 is 1.53. The molecule has 2 aromatic rings. The van der Waals surface area contributed by atoms with E-state index in [2.05, 4.69) is 31.9 Å². The van der Waals surface area contributed by atoms with Crippen LogP contribution in [0.25, 0.3) is 0 Å². The molecular weight excluding hydrogens is 435 g/mol. The molecule has 0 aromatic heterocycles. The molecule has 106 valence electrons. The van der Waals surface area contributed by atoms with Gasteiger partial charge in [-0.15, -0.1) is 0 Å². The largest absolute Gasteiger partial charge is 0.506 e. The number of hydrogen-bond donors (Lipinski definition) is 2. The average molecular weight is 443 g/mol. The number of carbonyl (C=O) groups excluding carboxylic acids is 1. The van der Waals surface area contributed by atoms with Gasteiger partial charge in [-0.2, -0.15) is 0 Å². The summed E-state index contributed by atoms with van der Waals surface area (Å²) in [5, 5.41) is 18.6. The molecule has 2 aromatic carbocycles. The molecule has 0 saturated carbocycles. The Bertz CT molecular complexity index is 633. The summed E-state index contributed by atoms with van der Waals surface area (Å²) >= 11 is 17.4. The molecule has 0 heterocycles. The predicted molar refractivity (Wildman–Crippen MR) is 87.0 cm³/mol. The zero-order valence-corrected chi connectivity index (χ0v) is 14.5. The fraction of sp³-hybridized carbons (Fsp3) is 0. The van der Waals surface area contributed by atoms with Crippen LogP contribution in [0.5, 0.6) is 11.5 Å². The minimum absolute atomic E-state index is 0.111. The molecule has 7 heteroatoms. The molecular formula is C13H8Br2Cl2O3. The van der Waals surface area contributed by atoms with E-state index in [4.69, 9.17) is 33.4 Å². The number of phenols is 2. The van der Waals surface area contributed by atoms with E-state index in [1.807, 2.05) is 0 Å². The standard InChI is InChI=1S/C7H4BrClO2.C6H4BrClO/c8-5-1-4(3-10)7(11)6(9)2-5;7-4-1-2-6(9)5(8)3-4/h1-3,11H;1-3,9H. The van der Waals surface area contributed by atoms with Crippen molar-refractivity contribution in [3.63, 3.8) is 0 Å². The molecule has 0 aliphatic heterocycles. The maximum absolute atomic E-state index is 10.3. The maximum atomic E-state index is 10.3. The van der Waals surface area contributed by atoms with Crippen molar-refractivity contribution in [1.82, 2.24) is 0 Å². The molecule has 0 atom stereocenters. The lowest BCUT2D eigenvalue weighted by molar-refractivity contribution is 0.112. The summed E-state index contributed by atoms with van der Waals surface area (Å²) in [6.07, 6.45) is 0.548. The number of phenolic OH excluding ortho intramolecular Hbond substituents is 2. The molecule has 0 spiro atoms. The van der Waals surface area contributed by atoms with Crippen LogP contribution in [-0.4, -0.2) is 16.5 Å². The van der Waals surface area contributed by atoms with Crippen molar-refractivity contribution in [2.45, 2.75) is 0 Å². The predicted octanol–water partition coefficient (Wildman–Crippen LogP) is 5.43. The topological polar surface area (TPSA) is 57.5 Å². The fourth-order valence-electron chi connectivity index (χ4n) is 1.16. The molecule has 0 unspecified atom stereocenters. The fourth-order valence-corrected chi connectivity index (χ4v) is 2.66. The Labute approximate surface area is 142 Å². The van der Waals surface area contributed by atoms with Gasteiger partial charge in [-0.3, -0.25) is 4.79 Å². The van der Waals surface area contributed by atoms with Gasteiger partial charge < -0.3 is 10.2 Å². The number of hydrogen-bond acceptors (Lipinski definition) is 3. The normalized spacial score (nSPS) is 9.60.